The van der Waals surface area contributed by atoms with Crippen molar-refractivity contribution in [3.05, 3.63) is 28.8 Å². The third-order valence-electron chi connectivity index (χ3n) is 2.53. The van der Waals surface area contributed by atoms with Crippen molar-refractivity contribution in [3.8, 4) is 0 Å². The molecule has 1 aromatic carbocycles. The van der Waals surface area contributed by atoms with Crippen LogP contribution in [0.2, 0.25) is 5.02 Å². The number of hydrogen-bond acceptors (Lipinski definition) is 2. The van der Waals surface area contributed by atoms with Crippen LogP contribution in [0.25, 0.3) is 0 Å². The number of carbonyl (C=O) groups is 1. The second-order valence-electron chi connectivity index (χ2n) is 4.40. The van der Waals surface area contributed by atoms with Gasteiger partial charge in [0.15, 0.2) is 0 Å². The number of aliphatic carboxylic acids is 1. The van der Waals surface area contributed by atoms with Crippen molar-refractivity contribution >= 4 is 23.3 Å². The van der Waals surface area contributed by atoms with Crippen molar-refractivity contribution in [2.75, 3.05) is 5.32 Å². The standard InChI is InChI=1S/C12H13ClF3NO2/c1-6(2)10(11(18)19)17-7-3-4-8(9(13)5-7)12(14,15)16/h3-6,10,17H,1-2H3,(H,18,19)/t10-/m0/s1. The summed E-state index contributed by atoms with van der Waals surface area (Å²) in [6.07, 6.45) is -4.53. The first-order chi connectivity index (χ1) is 8.62. The Hall–Kier alpha value is -1.43. The molecule has 1 aromatic rings. The van der Waals surface area contributed by atoms with E-state index in [-0.39, 0.29) is 11.6 Å². The van der Waals surface area contributed by atoms with E-state index in [1.807, 2.05) is 0 Å². The van der Waals surface area contributed by atoms with E-state index < -0.39 is 28.8 Å². The van der Waals surface area contributed by atoms with Crippen molar-refractivity contribution in [2.24, 2.45) is 5.92 Å². The van der Waals surface area contributed by atoms with E-state index in [1.54, 1.807) is 13.8 Å². The fourth-order valence-corrected chi connectivity index (χ4v) is 1.82. The zero-order chi connectivity index (χ0) is 14.8. The fourth-order valence-electron chi connectivity index (χ4n) is 1.53. The molecule has 0 radical (unpaired) electrons. The molecule has 0 saturated carbocycles. The molecule has 0 amide bonds. The van der Waals surface area contributed by atoms with Gasteiger partial charge in [-0.1, -0.05) is 25.4 Å². The number of carboxylic acids is 1. The average Bonchev–Trinajstić information content (AvgIpc) is 2.23. The molecule has 0 unspecified atom stereocenters. The molecule has 2 N–H and O–H groups in total. The Morgan fingerprint density at radius 2 is 1.95 bits per heavy atom. The molecular weight excluding hydrogens is 283 g/mol. The van der Waals surface area contributed by atoms with Gasteiger partial charge < -0.3 is 10.4 Å². The van der Waals surface area contributed by atoms with Gasteiger partial charge in [-0.3, -0.25) is 0 Å². The summed E-state index contributed by atoms with van der Waals surface area (Å²) >= 11 is 5.55. The summed E-state index contributed by atoms with van der Waals surface area (Å²) in [5.74, 6) is -1.30. The predicted octanol–water partition coefficient (Wildman–Crippen LogP) is 3.88. The Morgan fingerprint density at radius 3 is 2.32 bits per heavy atom. The summed E-state index contributed by atoms with van der Waals surface area (Å²) in [6, 6.07) is 2.16. The molecule has 0 heterocycles. The highest BCUT2D eigenvalue weighted by Crippen LogP contribution is 2.36. The van der Waals surface area contributed by atoms with Crippen molar-refractivity contribution in [1.29, 1.82) is 0 Å². The molecule has 19 heavy (non-hydrogen) atoms. The van der Waals surface area contributed by atoms with Gasteiger partial charge >= 0.3 is 12.1 Å². The molecule has 0 aliphatic carbocycles. The maximum Gasteiger partial charge on any atom is 0.417 e. The van der Waals surface area contributed by atoms with Crippen LogP contribution >= 0.6 is 11.6 Å². The molecule has 7 heteroatoms. The average molecular weight is 296 g/mol. The van der Waals surface area contributed by atoms with E-state index in [2.05, 4.69) is 5.32 Å². The number of hydrogen-bond donors (Lipinski definition) is 2. The van der Waals surface area contributed by atoms with E-state index >= 15 is 0 Å². The zero-order valence-corrected chi connectivity index (χ0v) is 11.0. The normalized spacial score (nSPS) is 13.4. The van der Waals surface area contributed by atoms with Crippen molar-refractivity contribution in [3.63, 3.8) is 0 Å². The van der Waals surface area contributed by atoms with Crippen molar-refractivity contribution < 1.29 is 23.1 Å². The second kappa shape index (κ2) is 5.69. The summed E-state index contributed by atoms with van der Waals surface area (Å²) in [5, 5.41) is 11.2. The molecule has 1 atom stereocenters. The lowest BCUT2D eigenvalue weighted by Gasteiger charge is -2.20. The molecule has 1 rings (SSSR count). The van der Waals surface area contributed by atoms with Crippen LogP contribution in [-0.4, -0.2) is 17.1 Å². The summed E-state index contributed by atoms with van der Waals surface area (Å²) in [7, 11) is 0. The third-order valence-corrected chi connectivity index (χ3v) is 2.84. The Kier molecular flexibility index (Phi) is 4.68. The number of halogens is 4. The van der Waals surface area contributed by atoms with Crippen LogP contribution in [0.3, 0.4) is 0 Å². The Morgan fingerprint density at radius 1 is 1.37 bits per heavy atom. The first-order valence-corrected chi connectivity index (χ1v) is 5.87. The van der Waals surface area contributed by atoms with Gasteiger partial charge in [-0.25, -0.2) is 4.79 Å². The molecule has 106 valence electrons. The maximum absolute atomic E-state index is 12.5. The summed E-state index contributed by atoms with van der Waals surface area (Å²) in [5.41, 5.74) is -0.713. The molecule has 0 aliphatic heterocycles. The van der Waals surface area contributed by atoms with E-state index in [4.69, 9.17) is 16.7 Å². The van der Waals surface area contributed by atoms with E-state index in [1.165, 1.54) is 0 Å². The number of benzene rings is 1. The van der Waals surface area contributed by atoms with Gasteiger partial charge in [0.05, 0.1) is 10.6 Å². The first-order valence-electron chi connectivity index (χ1n) is 5.49. The summed E-state index contributed by atoms with van der Waals surface area (Å²) in [4.78, 5) is 11.0. The van der Waals surface area contributed by atoms with Crippen molar-refractivity contribution in [2.45, 2.75) is 26.1 Å². The SMILES string of the molecule is CC(C)[C@H](Nc1ccc(C(F)(F)F)c(Cl)c1)C(=O)O. The summed E-state index contributed by atoms with van der Waals surface area (Å²) in [6.45, 7) is 3.38. The number of nitrogens with one attached hydrogen (secondary N) is 1. The van der Waals surface area contributed by atoms with Crippen LogP contribution in [-0.2, 0) is 11.0 Å². The highest BCUT2D eigenvalue weighted by Gasteiger charge is 2.33. The highest BCUT2D eigenvalue weighted by molar-refractivity contribution is 6.31. The minimum atomic E-state index is -4.53. The van der Waals surface area contributed by atoms with Crippen LogP contribution in [0.4, 0.5) is 18.9 Å². The van der Waals surface area contributed by atoms with E-state index in [0.717, 1.165) is 18.2 Å². The number of anilines is 1. The van der Waals surface area contributed by atoms with Gasteiger partial charge in [0.2, 0.25) is 0 Å². The maximum atomic E-state index is 12.5. The number of rotatable bonds is 4. The lowest BCUT2D eigenvalue weighted by Crippen LogP contribution is -2.34. The zero-order valence-electron chi connectivity index (χ0n) is 10.3. The molecular formula is C12H13ClF3NO2. The predicted molar refractivity (Wildman–Crippen MR) is 66.3 cm³/mol. The molecule has 0 aliphatic rings. The third kappa shape index (κ3) is 4.02. The largest absolute Gasteiger partial charge is 0.480 e. The lowest BCUT2D eigenvalue weighted by atomic mass is 10.0. The molecule has 0 aromatic heterocycles. The van der Waals surface area contributed by atoms with Gasteiger partial charge in [-0.2, -0.15) is 13.2 Å². The minimum Gasteiger partial charge on any atom is -0.480 e. The highest BCUT2D eigenvalue weighted by atomic mass is 35.5. The van der Waals surface area contributed by atoms with E-state index in [9.17, 15) is 18.0 Å². The number of alkyl halides is 3. The van der Waals surface area contributed by atoms with Crippen LogP contribution in [0.15, 0.2) is 18.2 Å². The Balaban J connectivity index is 2.99. The molecule has 0 fully saturated rings. The topological polar surface area (TPSA) is 49.3 Å². The van der Waals surface area contributed by atoms with Crippen LogP contribution < -0.4 is 5.32 Å². The van der Waals surface area contributed by atoms with E-state index in [0.29, 0.717) is 0 Å². The first kappa shape index (κ1) is 15.6. The fraction of sp³-hybridized carbons (Fsp3) is 0.417. The minimum absolute atomic E-state index is 0.224. The summed E-state index contributed by atoms with van der Waals surface area (Å²) < 4.78 is 37.5. The van der Waals surface area contributed by atoms with Gasteiger partial charge in [0.1, 0.15) is 6.04 Å². The monoisotopic (exact) mass is 295 g/mol. The van der Waals surface area contributed by atoms with Crippen LogP contribution in [0, 0.1) is 5.92 Å². The van der Waals surface area contributed by atoms with Gasteiger partial charge in [-0.15, -0.1) is 0 Å². The second-order valence-corrected chi connectivity index (χ2v) is 4.80. The lowest BCUT2D eigenvalue weighted by molar-refractivity contribution is -0.139. The number of carboxylic acid groups (broad SMARTS) is 1. The van der Waals surface area contributed by atoms with Gasteiger partial charge in [0, 0.05) is 5.69 Å². The van der Waals surface area contributed by atoms with Gasteiger partial charge in [-0.05, 0) is 24.1 Å². The van der Waals surface area contributed by atoms with Crippen molar-refractivity contribution in [1.82, 2.24) is 0 Å². The molecule has 3 nitrogen and oxygen atoms in total. The molecule has 0 bridgehead atoms. The Labute approximate surface area is 113 Å². The Bertz CT molecular complexity index is 475. The van der Waals surface area contributed by atoms with Crippen LogP contribution in [0.1, 0.15) is 19.4 Å². The van der Waals surface area contributed by atoms with Gasteiger partial charge in [0.25, 0.3) is 0 Å². The quantitative estimate of drug-likeness (QED) is 0.886. The smallest absolute Gasteiger partial charge is 0.417 e. The van der Waals surface area contributed by atoms with Crippen LogP contribution in [0.5, 0.6) is 0 Å². The molecule has 0 spiro atoms. The molecule has 0 saturated heterocycles.